The van der Waals surface area contributed by atoms with Gasteiger partial charge >= 0.3 is 12.0 Å². The highest BCUT2D eigenvalue weighted by atomic mass is 79.9. The molecule has 0 radical (unpaired) electrons. The summed E-state index contributed by atoms with van der Waals surface area (Å²) in [6.45, 7) is -0.102. The molecule has 1 aromatic carbocycles. The Morgan fingerprint density at radius 1 is 1.45 bits per heavy atom. The molecule has 0 aromatic heterocycles. The van der Waals surface area contributed by atoms with Crippen molar-refractivity contribution in [2.24, 2.45) is 0 Å². The first kappa shape index (κ1) is 14.7. The zero-order chi connectivity index (χ0) is 14.9. The third-order valence-corrected chi connectivity index (χ3v) is 3.68. The number of benzene rings is 1. The van der Waals surface area contributed by atoms with Crippen LogP contribution >= 0.6 is 15.9 Å². The number of nitrogens with one attached hydrogen (secondary N) is 1. The van der Waals surface area contributed by atoms with E-state index in [9.17, 15) is 19.1 Å². The number of amides is 2. The van der Waals surface area contributed by atoms with E-state index in [1.54, 1.807) is 6.07 Å². The lowest BCUT2D eigenvalue weighted by molar-refractivity contribution is -0.141. The molecule has 2 amide bonds. The van der Waals surface area contributed by atoms with Gasteiger partial charge in [0.15, 0.2) is 0 Å². The number of aliphatic carboxylic acids is 1. The molecule has 1 aliphatic rings. The molecule has 1 aliphatic heterocycles. The van der Waals surface area contributed by atoms with Gasteiger partial charge in [-0.2, -0.15) is 0 Å². The molecule has 1 heterocycles. The van der Waals surface area contributed by atoms with Crippen LogP contribution in [0.15, 0.2) is 22.7 Å². The van der Waals surface area contributed by atoms with Gasteiger partial charge in [-0.25, -0.2) is 14.0 Å². The Kier molecular flexibility index (Phi) is 4.24. The second-order valence-electron chi connectivity index (χ2n) is 4.42. The van der Waals surface area contributed by atoms with Gasteiger partial charge in [0.1, 0.15) is 11.9 Å². The van der Waals surface area contributed by atoms with E-state index in [1.807, 2.05) is 0 Å². The highest BCUT2D eigenvalue weighted by Crippen LogP contribution is 2.27. The molecule has 0 bridgehead atoms. The summed E-state index contributed by atoms with van der Waals surface area (Å²) in [6, 6.07) is 2.31. The standard InChI is InChI=1S/C12H12BrFN2O4/c13-7-2-1-3-8(14)10(7)15-12(20)16-5-6(17)4-9(16)11(18)19/h1-3,6,9,17H,4-5H2,(H,15,20)(H,18,19). The third-order valence-electron chi connectivity index (χ3n) is 3.02. The first-order chi connectivity index (χ1) is 9.40. The molecule has 3 N–H and O–H groups in total. The number of nitrogens with zero attached hydrogens (tertiary/aromatic N) is 1. The largest absolute Gasteiger partial charge is 0.480 e. The van der Waals surface area contributed by atoms with Crippen LogP contribution in [-0.4, -0.2) is 45.8 Å². The SMILES string of the molecule is O=C(O)C1CC(O)CN1C(=O)Nc1c(F)cccc1Br. The molecule has 0 spiro atoms. The number of hydrogen-bond donors (Lipinski definition) is 3. The Balaban J connectivity index is 2.18. The Labute approximate surface area is 122 Å². The van der Waals surface area contributed by atoms with Crippen molar-refractivity contribution >= 4 is 33.6 Å². The van der Waals surface area contributed by atoms with Crippen molar-refractivity contribution in [3.8, 4) is 0 Å². The molecular formula is C12H12BrFN2O4. The van der Waals surface area contributed by atoms with Crippen LogP contribution in [-0.2, 0) is 4.79 Å². The normalized spacial score (nSPS) is 21.9. The van der Waals surface area contributed by atoms with Crippen molar-refractivity contribution in [2.45, 2.75) is 18.6 Å². The molecule has 0 saturated carbocycles. The van der Waals surface area contributed by atoms with Gasteiger partial charge in [-0.3, -0.25) is 0 Å². The average molecular weight is 347 g/mol. The zero-order valence-corrected chi connectivity index (χ0v) is 11.8. The monoisotopic (exact) mass is 346 g/mol. The van der Waals surface area contributed by atoms with Gasteiger partial charge in [-0.1, -0.05) is 6.07 Å². The van der Waals surface area contributed by atoms with Gasteiger partial charge in [0.2, 0.25) is 0 Å². The summed E-state index contributed by atoms with van der Waals surface area (Å²) < 4.78 is 13.9. The molecule has 2 unspecified atom stereocenters. The van der Waals surface area contributed by atoms with E-state index >= 15 is 0 Å². The molecule has 1 fully saturated rings. The lowest BCUT2D eigenvalue weighted by atomic mass is 10.2. The van der Waals surface area contributed by atoms with E-state index in [-0.39, 0.29) is 18.7 Å². The van der Waals surface area contributed by atoms with Crippen molar-refractivity contribution in [1.29, 1.82) is 0 Å². The zero-order valence-electron chi connectivity index (χ0n) is 10.2. The van der Waals surface area contributed by atoms with Crippen molar-refractivity contribution in [3.05, 3.63) is 28.5 Å². The Morgan fingerprint density at radius 2 is 2.15 bits per heavy atom. The van der Waals surface area contributed by atoms with E-state index in [4.69, 9.17) is 5.11 Å². The number of hydrogen-bond acceptors (Lipinski definition) is 3. The van der Waals surface area contributed by atoms with Crippen LogP contribution in [0.1, 0.15) is 6.42 Å². The van der Waals surface area contributed by atoms with E-state index in [0.717, 1.165) is 4.90 Å². The van der Waals surface area contributed by atoms with E-state index in [1.165, 1.54) is 12.1 Å². The third kappa shape index (κ3) is 2.91. The summed E-state index contributed by atoms with van der Waals surface area (Å²) in [6.07, 6.45) is -0.938. The molecule has 2 rings (SSSR count). The van der Waals surface area contributed by atoms with Crippen molar-refractivity contribution < 1.29 is 24.2 Å². The number of carboxylic acids is 1. The van der Waals surface area contributed by atoms with E-state index in [0.29, 0.717) is 4.47 Å². The number of aliphatic hydroxyl groups excluding tert-OH is 1. The summed E-state index contributed by atoms with van der Waals surface area (Å²) in [5, 5.41) is 20.8. The minimum Gasteiger partial charge on any atom is -0.480 e. The van der Waals surface area contributed by atoms with Gasteiger partial charge in [-0.05, 0) is 28.1 Å². The molecular weight excluding hydrogens is 335 g/mol. The number of anilines is 1. The van der Waals surface area contributed by atoms with Crippen LogP contribution in [0.4, 0.5) is 14.9 Å². The van der Waals surface area contributed by atoms with Gasteiger partial charge in [0.05, 0.1) is 11.8 Å². The maximum atomic E-state index is 13.6. The molecule has 2 atom stereocenters. The minimum absolute atomic E-state index is 0.0405. The number of urea groups is 1. The molecule has 1 saturated heterocycles. The topological polar surface area (TPSA) is 89.9 Å². The Bertz CT molecular complexity index is 534. The maximum absolute atomic E-state index is 13.6. The number of likely N-dealkylation sites (tertiary alicyclic amines) is 1. The quantitative estimate of drug-likeness (QED) is 0.759. The lowest BCUT2D eigenvalue weighted by Crippen LogP contribution is -2.43. The number of para-hydroxylation sites is 1. The fourth-order valence-electron chi connectivity index (χ4n) is 2.07. The average Bonchev–Trinajstić information content (AvgIpc) is 2.76. The minimum atomic E-state index is -1.20. The first-order valence-corrected chi connectivity index (χ1v) is 6.62. The number of carboxylic acid groups (broad SMARTS) is 1. The fourth-order valence-corrected chi connectivity index (χ4v) is 2.51. The summed E-state index contributed by atoms with van der Waals surface area (Å²) in [4.78, 5) is 24.0. The number of rotatable bonds is 2. The van der Waals surface area contributed by atoms with Crippen molar-refractivity contribution in [2.75, 3.05) is 11.9 Å². The van der Waals surface area contributed by atoms with Crippen LogP contribution in [0.25, 0.3) is 0 Å². The van der Waals surface area contributed by atoms with Gasteiger partial charge in [0.25, 0.3) is 0 Å². The van der Waals surface area contributed by atoms with Gasteiger partial charge in [0, 0.05) is 17.4 Å². The maximum Gasteiger partial charge on any atom is 0.326 e. The van der Waals surface area contributed by atoms with Crippen LogP contribution in [0.5, 0.6) is 0 Å². The highest BCUT2D eigenvalue weighted by molar-refractivity contribution is 9.10. The molecule has 6 nitrogen and oxygen atoms in total. The molecule has 20 heavy (non-hydrogen) atoms. The number of halogens is 2. The van der Waals surface area contributed by atoms with E-state index < -0.39 is 30.0 Å². The van der Waals surface area contributed by atoms with Crippen LogP contribution in [0.2, 0.25) is 0 Å². The van der Waals surface area contributed by atoms with Gasteiger partial charge < -0.3 is 20.4 Å². The summed E-state index contributed by atoms with van der Waals surface area (Å²) in [5.41, 5.74) is -0.0666. The summed E-state index contributed by atoms with van der Waals surface area (Å²) in [5.74, 6) is -1.84. The summed E-state index contributed by atoms with van der Waals surface area (Å²) >= 11 is 3.10. The van der Waals surface area contributed by atoms with Crippen molar-refractivity contribution in [3.63, 3.8) is 0 Å². The number of carbonyl (C=O) groups is 2. The number of carbonyl (C=O) groups excluding carboxylic acids is 1. The number of β-amino-alcohol motifs (C(OH)–C–C–N with tert-alkyl or cyclic N) is 1. The molecule has 1 aromatic rings. The molecule has 8 heteroatoms. The predicted octanol–water partition coefficient (Wildman–Crippen LogP) is 1.64. The van der Waals surface area contributed by atoms with Crippen LogP contribution in [0.3, 0.4) is 0 Å². The van der Waals surface area contributed by atoms with Crippen molar-refractivity contribution in [1.82, 2.24) is 4.90 Å². The van der Waals surface area contributed by atoms with E-state index in [2.05, 4.69) is 21.2 Å². The fraction of sp³-hybridized carbons (Fsp3) is 0.333. The molecule has 108 valence electrons. The Hall–Kier alpha value is -1.67. The van der Waals surface area contributed by atoms with Crippen LogP contribution in [0, 0.1) is 5.82 Å². The Morgan fingerprint density at radius 3 is 2.75 bits per heavy atom. The smallest absolute Gasteiger partial charge is 0.326 e. The summed E-state index contributed by atoms with van der Waals surface area (Å²) in [7, 11) is 0. The molecule has 0 aliphatic carbocycles. The van der Waals surface area contributed by atoms with Gasteiger partial charge in [-0.15, -0.1) is 0 Å². The second-order valence-corrected chi connectivity index (χ2v) is 5.28. The second kappa shape index (κ2) is 5.76. The lowest BCUT2D eigenvalue weighted by Gasteiger charge is -2.22. The van der Waals surface area contributed by atoms with Crippen LogP contribution < -0.4 is 5.32 Å². The number of aliphatic hydroxyl groups is 1. The predicted molar refractivity (Wildman–Crippen MR) is 71.9 cm³/mol. The highest BCUT2D eigenvalue weighted by Gasteiger charge is 2.39. The first-order valence-electron chi connectivity index (χ1n) is 5.82.